The van der Waals surface area contributed by atoms with Gasteiger partial charge in [-0.2, -0.15) is 0 Å². The van der Waals surface area contributed by atoms with Crippen LogP contribution >= 0.6 is 0 Å². The van der Waals surface area contributed by atoms with E-state index in [1.54, 1.807) is 22.3 Å². The SMILES string of the molecule is CC1(C)c2c(ccc3c2C2C=CC=CC2C32c3cc(N(C4=CC=CCC4)c4ccccc4-c4ccccc4)ccc3C3C=CC=CC32)C2CCC=CC21. The number of fused-ring (bicyclic) bond motifs is 14. The molecule has 53 heavy (non-hydrogen) atoms. The van der Waals surface area contributed by atoms with Gasteiger partial charge >= 0.3 is 0 Å². The summed E-state index contributed by atoms with van der Waals surface area (Å²) in [5.41, 5.74) is 15.8. The summed E-state index contributed by atoms with van der Waals surface area (Å²) in [4.78, 5) is 2.58. The van der Waals surface area contributed by atoms with Gasteiger partial charge < -0.3 is 4.90 Å². The van der Waals surface area contributed by atoms with Crippen LogP contribution in [0.1, 0.15) is 90.7 Å². The second-order valence-corrected chi connectivity index (χ2v) is 17.0. The van der Waals surface area contributed by atoms with Gasteiger partial charge in [-0.05, 0) is 106 Å². The van der Waals surface area contributed by atoms with Crippen molar-refractivity contribution in [1.29, 1.82) is 0 Å². The third-order valence-corrected chi connectivity index (χ3v) is 14.3. The van der Waals surface area contributed by atoms with Crippen LogP contribution in [0.5, 0.6) is 0 Å². The maximum atomic E-state index is 2.63. The highest BCUT2D eigenvalue weighted by Crippen LogP contribution is 2.70. The minimum absolute atomic E-state index is 0.0945. The number of hydrogen-bond donors (Lipinski definition) is 0. The predicted molar refractivity (Wildman–Crippen MR) is 221 cm³/mol. The third-order valence-electron chi connectivity index (χ3n) is 14.3. The Morgan fingerprint density at radius 1 is 0.623 bits per heavy atom. The monoisotopic (exact) mass is 685 g/mol. The zero-order valence-corrected chi connectivity index (χ0v) is 30.8. The highest BCUT2D eigenvalue weighted by atomic mass is 15.2. The Bertz CT molecular complexity index is 2370. The summed E-state index contributed by atoms with van der Waals surface area (Å²) in [6, 6.07) is 32.7. The molecule has 0 saturated heterocycles. The molecule has 7 unspecified atom stereocenters. The fourth-order valence-corrected chi connectivity index (χ4v) is 12.3. The molecule has 1 nitrogen and oxygen atoms in total. The molecule has 0 radical (unpaired) electrons. The van der Waals surface area contributed by atoms with Gasteiger partial charge in [0, 0.05) is 46.0 Å². The molecule has 0 bridgehead atoms. The van der Waals surface area contributed by atoms with Gasteiger partial charge in [0.05, 0.1) is 5.69 Å². The second-order valence-electron chi connectivity index (χ2n) is 17.0. The second kappa shape index (κ2) is 11.7. The first-order valence-corrected chi connectivity index (χ1v) is 20.1. The van der Waals surface area contributed by atoms with E-state index < -0.39 is 0 Å². The van der Waals surface area contributed by atoms with Crippen LogP contribution in [-0.2, 0) is 10.8 Å². The minimum Gasteiger partial charge on any atom is -0.314 e. The maximum Gasteiger partial charge on any atom is 0.0536 e. The number of hydrogen-bond acceptors (Lipinski definition) is 1. The average Bonchev–Trinajstić information content (AvgIpc) is 3.77. The lowest BCUT2D eigenvalue weighted by molar-refractivity contribution is 0.311. The Hall–Kier alpha value is -5.14. The van der Waals surface area contributed by atoms with Crippen molar-refractivity contribution in [2.75, 3.05) is 4.90 Å². The molecule has 7 aliphatic rings. The van der Waals surface area contributed by atoms with E-state index in [0.717, 1.165) is 12.8 Å². The molecule has 1 heteroatoms. The van der Waals surface area contributed by atoms with Crippen molar-refractivity contribution in [3.05, 3.63) is 203 Å². The molecular formula is C52H47N. The molecule has 11 rings (SSSR count). The van der Waals surface area contributed by atoms with Gasteiger partial charge in [-0.3, -0.25) is 0 Å². The summed E-state index contributed by atoms with van der Waals surface area (Å²) in [5.74, 6) is 2.61. The smallest absolute Gasteiger partial charge is 0.0536 e. The van der Waals surface area contributed by atoms with Gasteiger partial charge in [0.1, 0.15) is 0 Å². The maximum absolute atomic E-state index is 2.63. The molecule has 0 heterocycles. The molecule has 0 N–H and O–H groups in total. The van der Waals surface area contributed by atoms with Crippen molar-refractivity contribution < 1.29 is 0 Å². The molecule has 4 aromatic rings. The summed E-state index contributed by atoms with van der Waals surface area (Å²) in [6.45, 7) is 5.10. The molecule has 260 valence electrons. The number of allylic oxidation sites excluding steroid dienone is 14. The predicted octanol–water partition coefficient (Wildman–Crippen LogP) is 13.0. The fraction of sp³-hybridized carbons (Fsp3) is 0.269. The lowest BCUT2D eigenvalue weighted by Crippen LogP contribution is -2.38. The number of anilines is 2. The van der Waals surface area contributed by atoms with Crippen LogP contribution in [-0.4, -0.2) is 0 Å². The van der Waals surface area contributed by atoms with Gasteiger partial charge in [-0.1, -0.05) is 153 Å². The zero-order chi connectivity index (χ0) is 35.3. The largest absolute Gasteiger partial charge is 0.314 e. The number of nitrogens with zero attached hydrogens (tertiary/aromatic N) is 1. The van der Waals surface area contributed by atoms with Crippen LogP contribution in [0.2, 0.25) is 0 Å². The van der Waals surface area contributed by atoms with Crippen LogP contribution in [0.4, 0.5) is 11.4 Å². The summed E-state index contributed by atoms with van der Waals surface area (Å²) in [5, 5.41) is 0. The molecule has 7 atom stereocenters. The van der Waals surface area contributed by atoms with Gasteiger partial charge in [-0.15, -0.1) is 0 Å². The Kier molecular flexibility index (Phi) is 6.92. The van der Waals surface area contributed by atoms with Crippen LogP contribution in [0, 0.1) is 17.8 Å². The molecule has 0 aromatic heterocycles. The summed E-state index contributed by atoms with van der Waals surface area (Å²) < 4.78 is 0. The van der Waals surface area contributed by atoms with Gasteiger partial charge in [0.25, 0.3) is 0 Å². The van der Waals surface area contributed by atoms with E-state index in [2.05, 4.69) is 183 Å². The van der Waals surface area contributed by atoms with Crippen molar-refractivity contribution in [2.45, 2.75) is 68.1 Å². The van der Waals surface area contributed by atoms with E-state index in [9.17, 15) is 0 Å². The van der Waals surface area contributed by atoms with Gasteiger partial charge in [0.15, 0.2) is 0 Å². The van der Waals surface area contributed by atoms with E-state index in [0.29, 0.717) is 35.5 Å². The van der Waals surface area contributed by atoms with Gasteiger partial charge in [-0.25, -0.2) is 0 Å². The number of rotatable bonds is 4. The molecule has 7 aliphatic carbocycles. The standard InChI is InChI=1S/C52H47N/c1-51(2)43-25-13-9-23-39(43)41-31-32-46-49(50(41)51)42-24-11-15-27-45(42)52(46)44-26-14-10-22-38(44)40-30-29-36(33-47(40)52)53(35-19-7-4-8-20-35)48-28-16-12-21-37(48)34-17-5-3-6-18-34/h3-7,10-19,21-22,24-33,38-39,42-45H,8-9,20,23H2,1-2H3. The first-order chi connectivity index (χ1) is 26.1. The Morgan fingerprint density at radius 3 is 2.21 bits per heavy atom. The van der Waals surface area contributed by atoms with E-state index in [1.165, 1.54) is 52.2 Å². The highest BCUT2D eigenvalue weighted by molar-refractivity contribution is 5.85. The normalized spacial score (nSPS) is 30.0. The lowest BCUT2D eigenvalue weighted by atomic mass is 9.61. The quantitative estimate of drug-likeness (QED) is 0.193. The Morgan fingerprint density at radius 2 is 1.38 bits per heavy atom. The van der Waals surface area contributed by atoms with Crippen LogP contribution < -0.4 is 4.90 Å². The van der Waals surface area contributed by atoms with E-state index in [4.69, 9.17) is 0 Å². The first-order valence-electron chi connectivity index (χ1n) is 20.1. The molecule has 4 aromatic carbocycles. The zero-order valence-electron chi connectivity index (χ0n) is 30.8. The molecule has 0 fully saturated rings. The van der Waals surface area contributed by atoms with Crippen molar-refractivity contribution in [1.82, 2.24) is 0 Å². The molecular weight excluding hydrogens is 639 g/mol. The molecule has 0 amide bonds. The summed E-state index contributed by atoms with van der Waals surface area (Å²) >= 11 is 0. The lowest BCUT2D eigenvalue weighted by Gasteiger charge is -2.41. The highest BCUT2D eigenvalue weighted by Gasteiger charge is 2.63. The summed E-state index contributed by atoms with van der Waals surface area (Å²) in [6.07, 6.45) is 36.0. The molecule has 1 spiro atoms. The average molecular weight is 686 g/mol. The van der Waals surface area contributed by atoms with Crippen LogP contribution in [0.15, 0.2) is 170 Å². The van der Waals surface area contributed by atoms with Gasteiger partial charge in [0.2, 0.25) is 0 Å². The Labute approximate surface area is 315 Å². The number of para-hydroxylation sites is 1. The van der Waals surface area contributed by atoms with Crippen molar-refractivity contribution in [2.24, 2.45) is 17.8 Å². The number of benzene rings is 4. The first kappa shape index (κ1) is 31.4. The summed E-state index contributed by atoms with van der Waals surface area (Å²) in [7, 11) is 0. The Balaban J connectivity index is 1.17. The topological polar surface area (TPSA) is 3.24 Å². The van der Waals surface area contributed by atoms with Crippen LogP contribution in [0.3, 0.4) is 0 Å². The van der Waals surface area contributed by atoms with Crippen molar-refractivity contribution in [3.63, 3.8) is 0 Å². The van der Waals surface area contributed by atoms with Crippen molar-refractivity contribution >= 4 is 11.4 Å². The third kappa shape index (κ3) is 4.26. The van der Waals surface area contributed by atoms with E-state index in [-0.39, 0.29) is 10.8 Å². The fourth-order valence-electron chi connectivity index (χ4n) is 12.3. The van der Waals surface area contributed by atoms with Crippen molar-refractivity contribution in [3.8, 4) is 11.1 Å². The molecule has 0 aliphatic heterocycles. The molecule has 0 saturated carbocycles. The van der Waals surface area contributed by atoms with E-state index >= 15 is 0 Å². The minimum atomic E-state index is -0.168. The van der Waals surface area contributed by atoms with E-state index in [1.807, 2.05) is 0 Å². The van der Waals surface area contributed by atoms with Crippen LogP contribution in [0.25, 0.3) is 11.1 Å².